The van der Waals surface area contributed by atoms with E-state index in [1.165, 1.54) is 4.90 Å². The molecular formula is C15H26N2O2. The lowest BCUT2D eigenvalue weighted by Gasteiger charge is -2.22. The van der Waals surface area contributed by atoms with Gasteiger partial charge in [-0.2, -0.15) is 0 Å². The minimum atomic E-state index is -0.326. The first-order valence-electron chi connectivity index (χ1n) is 7.26. The van der Waals surface area contributed by atoms with E-state index in [4.69, 9.17) is 0 Å². The summed E-state index contributed by atoms with van der Waals surface area (Å²) in [6.45, 7) is 12.8. The van der Waals surface area contributed by atoms with Crippen molar-refractivity contribution >= 4 is 11.8 Å². The van der Waals surface area contributed by atoms with E-state index in [2.05, 4.69) is 33.0 Å². The summed E-state index contributed by atoms with van der Waals surface area (Å²) in [6, 6.07) is -0.0155. The number of carbonyl (C=O) groups is 2. The Hall–Kier alpha value is -0.900. The van der Waals surface area contributed by atoms with Crippen LogP contribution < -0.4 is 5.32 Å². The standard InChI is InChI=1S/C15H26N2O2/c1-7-9(2)17-11(18)8-10(12(17)19)16-13-14(3,4)15(13,5)6/h9-10,13,16H,7-8H2,1-6H3. The predicted octanol–water partition coefficient (Wildman–Crippen LogP) is 1.94. The van der Waals surface area contributed by atoms with Crippen LogP contribution in [0.2, 0.25) is 0 Å². The number of hydrogen-bond acceptors (Lipinski definition) is 3. The number of nitrogens with zero attached hydrogens (tertiary/aromatic N) is 1. The van der Waals surface area contributed by atoms with Crippen molar-refractivity contribution in [2.45, 2.75) is 72.5 Å². The minimum absolute atomic E-state index is 0.00650. The SMILES string of the molecule is CCC(C)N1C(=O)CC(NC2C(C)(C)C2(C)C)C1=O. The van der Waals surface area contributed by atoms with Crippen LogP contribution in [-0.2, 0) is 9.59 Å². The van der Waals surface area contributed by atoms with Crippen LogP contribution in [-0.4, -0.2) is 34.8 Å². The van der Waals surface area contributed by atoms with Crippen LogP contribution in [0.1, 0.15) is 54.4 Å². The lowest BCUT2D eigenvalue weighted by Crippen LogP contribution is -2.44. The van der Waals surface area contributed by atoms with Gasteiger partial charge in [0.25, 0.3) is 0 Å². The molecule has 0 radical (unpaired) electrons. The van der Waals surface area contributed by atoms with Gasteiger partial charge >= 0.3 is 0 Å². The Balaban J connectivity index is 2.05. The highest BCUT2D eigenvalue weighted by Gasteiger charge is 2.65. The Morgan fingerprint density at radius 1 is 1.26 bits per heavy atom. The first-order chi connectivity index (χ1) is 8.64. The molecule has 4 heteroatoms. The van der Waals surface area contributed by atoms with Gasteiger partial charge in [0.15, 0.2) is 0 Å². The second-order valence-electron chi connectivity index (χ2n) is 7.16. The summed E-state index contributed by atoms with van der Waals surface area (Å²) in [6.07, 6.45) is 1.12. The van der Waals surface area contributed by atoms with Crippen LogP contribution in [0.15, 0.2) is 0 Å². The van der Waals surface area contributed by atoms with Gasteiger partial charge in [0.1, 0.15) is 0 Å². The Bertz CT molecular complexity index is 400. The highest BCUT2D eigenvalue weighted by molar-refractivity contribution is 6.05. The Morgan fingerprint density at radius 3 is 2.21 bits per heavy atom. The van der Waals surface area contributed by atoms with Crippen molar-refractivity contribution in [1.29, 1.82) is 0 Å². The molecule has 2 amide bonds. The Morgan fingerprint density at radius 2 is 1.79 bits per heavy atom. The molecule has 4 nitrogen and oxygen atoms in total. The maximum atomic E-state index is 12.3. The number of carbonyl (C=O) groups excluding carboxylic acids is 2. The molecule has 108 valence electrons. The van der Waals surface area contributed by atoms with E-state index in [1.807, 2.05) is 13.8 Å². The summed E-state index contributed by atoms with van der Waals surface area (Å²) in [5.41, 5.74) is 0.361. The maximum absolute atomic E-state index is 12.3. The van der Waals surface area contributed by atoms with Crippen LogP contribution in [0.25, 0.3) is 0 Å². The van der Waals surface area contributed by atoms with Crippen molar-refractivity contribution in [1.82, 2.24) is 10.2 Å². The van der Waals surface area contributed by atoms with Gasteiger partial charge in [-0.05, 0) is 24.2 Å². The van der Waals surface area contributed by atoms with E-state index in [0.29, 0.717) is 12.5 Å². The summed E-state index contributed by atoms with van der Waals surface area (Å²) in [5, 5.41) is 3.41. The van der Waals surface area contributed by atoms with E-state index in [-0.39, 0.29) is 34.7 Å². The summed E-state index contributed by atoms with van der Waals surface area (Å²) in [4.78, 5) is 25.8. The summed E-state index contributed by atoms with van der Waals surface area (Å²) < 4.78 is 0. The number of likely N-dealkylation sites (tertiary alicyclic amines) is 1. The second-order valence-corrected chi connectivity index (χ2v) is 7.16. The zero-order valence-electron chi connectivity index (χ0n) is 12.9. The van der Waals surface area contributed by atoms with Gasteiger partial charge in [0.05, 0.1) is 12.5 Å². The molecule has 2 fully saturated rings. The predicted molar refractivity (Wildman–Crippen MR) is 74.5 cm³/mol. The Labute approximate surface area is 115 Å². The molecule has 2 rings (SSSR count). The zero-order chi connectivity index (χ0) is 14.6. The summed E-state index contributed by atoms with van der Waals surface area (Å²) in [5.74, 6) is -0.0778. The molecule has 0 bridgehead atoms. The molecule has 1 saturated carbocycles. The van der Waals surface area contributed by atoms with Gasteiger partial charge in [-0.15, -0.1) is 0 Å². The third-order valence-electron chi connectivity index (χ3n) is 5.60. The van der Waals surface area contributed by atoms with E-state index in [0.717, 1.165) is 6.42 Å². The van der Waals surface area contributed by atoms with E-state index in [1.54, 1.807) is 0 Å². The van der Waals surface area contributed by atoms with E-state index in [9.17, 15) is 9.59 Å². The highest BCUT2D eigenvalue weighted by atomic mass is 16.2. The molecule has 2 atom stereocenters. The molecule has 0 aromatic heterocycles. The molecule has 19 heavy (non-hydrogen) atoms. The second kappa shape index (κ2) is 4.30. The first kappa shape index (κ1) is 14.5. The topological polar surface area (TPSA) is 49.4 Å². The smallest absolute Gasteiger partial charge is 0.247 e. The van der Waals surface area contributed by atoms with Crippen molar-refractivity contribution in [2.24, 2.45) is 10.8 Å². The average molecular weight is 266 g/mol. The molecule has 1 N–H and O–H groups in total. The molecule has 0 aromatic carbocycles. The molecule has 2 unspecified atom stereocenters. The fourth-order valence-corrected chi connectivity index (χ4v) is 3.24. The maximum Gasteiger partial charge on any atom is 0.247 e. The molecule has 2 aliphatic rings. The number of hydrogen-bond donors (Lipinski definition) is 1. The Kier molecular flexibility index (Phi) is 3.28. The largest absolute Gasteiger partial charge is 0.302 e. The number of amides is 2. The van der Waals surface area contributed by atoms with Crippen LogP contribution in [0.5, 0.6) is 0 Å². The quantitative estimate of drug-likeness (QED) is 0.791. The normalized spacial score (nSPS) is 30.8. The van der Waals surface area contributed by atoms with Gasteiger partial charge < -0.3 is 5.32 Å². The molecule has 1 aliphatic heterocycles. The molecule has 1 saturated heterocycles. The monoisotopic (exact) mass is 266 g/mol. The lowest BCUT2D eigenvalue weighted by molar-refractivity contribution is -0.141. The highest BCUT2D eigenvalue weighted by Crippen LogP contribution is 2.62. The number of rotatable bonds is 4. The zero-order valence-corrected chi connectivity index (χ0v) is 12.9. The van der Waals surface area contributed by atoms with Crippen LogP contribution in [0, 0.1) is 10.8 Å². The van der Waals surface area contributed by atoms with Gasteiger partial charge in [-0.25, -0.2) is 0 Å². The fourth-order valence-electron chi connectivity index (χ4n) is 3.24. The third-order valence-corrected chi connectivity index (χ3v) is 5.60. The molecule has 1 aliphatic carbocycles. The third kappa shape index (κ3) is 2.00. The van der Waals surface area contributed by atoms with Crippen molar-refractivity contribution in [3.8, 4) is 0 Å². The van der Waals surface area contributed by atoms with Crippen LogP contribution >= 0.6 is 0 Å². The van der Waals surface area contributed by atoms with Crippen LogP contribution in [0.4, 0.5) is 0 Å². The molecule has 0 spiro atoms. The molecular weight excluding hydrogens is 240 g/mol. The van der Waals surface area contributed by atoms with Crippen molar-refractivity contribution in [2.75, 3.05) is 0 Å². The average Bonchev–Trinajstić information content (AvgIpc) is 2.56. The van der Waals surface area contributed by atoms with Gasteiger partial charge in [0.2, 0.25) is 11.8 Å². The first-order valence-corrected chi connectivity index (χ1v) is 7.26. The molecule has 1 heterocycles. The summed E-state index contributed by atoms with van der Waals surface area (Å²) >= 11 is 0. The van der Waals surface area contributed by atoms with Crippen molar-refractivity contribution in [3.63, 3.8) is 0 Å². The van der Waals surface area contributed by atoms with E-state index < -0.39 is 0 Å². The van der Waals surface area contributed by atoms with E-state index >= 15 is 0 Å². The van der Waals surface area contributed by atoms with Crippen LogP contribution in [0.3, 0.4) is 0 Å². The van der Waals surface area contributed by atoms with Gasteiger partial charge in [-0.1, -0.05) is 34.6 Å². The lowest BCUT2D eigenvalue weighted by atomic mass is 10.0. The van der Waals surface area contributed by atoms with Gasteiger partial charge in [0, 0.05) is 12.1 Å². The van der Waals surface area contributed by atoms with Gasteiger partial charge in [-0.3, -0.25) is 14.5 Å². The number of imide groups is 1. The van der Waals surface area contributed by atoms with Crippen molar-refractivity contribution in [3.05, 3.63) is 0 Å². The number of nitrogens with one attached hydrogen (secondary N) is 1. The minimum Gasteiger partial charge on any atom is -0.302 e. The fraction of sp³-hybridized carbons (Fsp3) is 0.867. The van der Waals surface area contributed by atoms with Crippen molar-refractivity contribution < 1.29 is 9.59 Å². The molecule has 0 aromatic rings. The summed E-state index contributed by atoms with van der Waals surface area (Å²) in [7, 11) is 0.